The molecule has 1 aliphatic rings. The summed E-state index contributed by atoms with van der Waals surface area (Å²) in [5.74, 6) is 0. The zero-order chi connectivity index (χ0) is 11.0. The van der Waals surface area contributed by atoms with Crippen LogP contribution in [0.1, 0.15) is 11.3 Å². The molecule has 0 unspecified atom stereocenters. The van der Waals surface area contributed by atoms with Crippen LogP contribution in [0.15, 0.2) is 18.5 Å². The van der Waals surface area contributed by atoms with Gasteiger partial charge in [-0.2, -0.15) is 15.3 Å². The van der Waals surface area contributed by atoms with Crippen LogP contribution >= 0.6 is 0 Å². The van der Waals surface area contributed by atoms with Crippen molar-refractivity contribution in [1.82, 2.24) is 25.3 Å². The molecule has 0 aliphatic carbocycles. The van der Waals surface area contributed by atoms with E-state index in [1.807, 2.05) is 19.4 Å². The first-order valence-corrected chi connectivity index (χ1v) is 5.38. The molecule has 82 valence electrons. The summed E-state index contributed by atoms with van der Waals surface area (Å²) in [5, 5.41) is 16.0. The van der Waals surface area contributed by atoms with Crippen LogP contribution in [0.5, 0.6) is 0 Å². The van der Waals surface area contributed by atoms with Gasteiger partial charge in [0.05, 0.1) is 17.6 Å². The van der Waals surface area contributed by atoms with E-state index in [4.69, 9.17) is 0 Å². The average Bonchev–Trinajstić information content (AvgIpc) is 2.75. The van der Waals surface area contributed by atoms with Crippen LogP contribution < -0.4 is 5.32 Å². The third kappa shape index (κ3) is 1.59. The van der Waals surface area contributed by atoms with Crippen molar-refractivity contribution in [3.8, 4) is 11.3 Å². The van der Waals surface area contributed by atoms with Crippen LogP contribution in [0.25, 0.3) is 11.3 Å². The van der Waals surface area contributed by atoms with E-state index in [-0.39, 0.29) is 0 Å². The Morgan fingerprint density at radius 1 is 1.38 bits per heavy atom. The fourth-order valence-corrected chi connectivity index (χ4v) is 1.94. The lowest BCUT2D eigenvalue weighted by atomic mass is 10.1. The Hall–Kier alpha value is -1.75. The van der Waals surface area contributed by atoms with E-state index in [1.54, 1.807) is 4.68 Å². The highest BCUT2D eigenvalue weighted by atomic mass is 15.2. The minimum atomic E-state index is 0.887. The van der Waals surface area contributed by atoms with Crippen LogP contribution in [0.4, 0.5) is 0 Å². The summed E-state index contributed by atoms with van der Waals surface area (Å²) in [6, 6.07) is 2.10. The molecular formula is C11H13N5. The van der Waals surface area contributed by atoms with Gasteiger partial charge in [-0.15, -0.1) is 0 Å². The number of nitrogens with zero attached hydrogens (tertiary/aromatic N) is 4. The van der Waals surface area contributed by atoms with E-state index >= 15 is 0 Å². The second-order valence-corrected chi connectivity index (χ2v) is 4.03. The summed E-state index contributed by atoms with van der Waals surface area (Å²) in [6.45, 7) is 1.88. The molecule has 0 atom stereocenters. The number of rotatable bonds is 1. The molecule has 2 aromatic heterocycles. The van der Waals surface area contributed by atoms with Gasteiger partial charge in [0, 0.05) is 38.3 Å². The summed E-state index contributed by atoms with van der Waals surface area (Å²) in [4.78, 5) is 0. The van der Waals surface area contributed by atoms with E-state index in [2.05, 4.69) is 26.7 Å². The maximum Gasteiger partial charge on any atom is 0.0964 e. The first-order chi connectivity index (χ1) is 7.83. The first kappa shape index (κ1) is 9.47. The van der Waals surface area contributed by atoms with Gasteiger partial charge in [0.1, 0.15) is 0 Å². The van der Waals surface area contributed by atoms with Crippen LogP contribution in [-0.2, 0) is 20.0 Å². The molecule has 0 aromatic carbocycles. The quantitative estimate of drug-likeness (QED) is 0.753. The molecule has 2 aromatic rings. The molecule has 0 saturated heterocycles. The maximum atomic E-state index is 4.28. The van der Waals surface area contributed by atoms with Gasteiger partial charge in [0.25, 0.3) is 0 Å². The Kier molecular flexibility index (Phi) is 2.18. The molecule has 0 saturated carbocycles. The normalized spacial score (nSPS) is 14.8. The van der Waals surface area contributed by atoms with Gasteiger partial charge in [-0.05, 0) is 11.6 Å². The largest absolute Gasteiger partial charge is 0.312 e. The highest BCUT2D eigenvalue weighted by molar-refractivity contribution is 5.57. The lowest BCUT2D eigenvalue weighted by Crippen LogP contribution is -2.24. The zero-order valence-electron chi connectivity index (χ0n) is 9.14. The summed E-state index contributed by atoms with van der Waals surface area (Å²) in [7, 11) is 1.90. The van der Waals surface area contributed by atoms with Crippen molar-refractivity contribution < 1.29 is 0 Å². The number of aryl methyl sites for hydroxylation is 1. The Morgan fingerprint density at radius 3 is 3.12 bits per heavy atom. The SMILES string of the molecule is Cn1cc(-c2cc3c(nn2)CCNC3)cn1. The van der Waals surface area contributed by atoms with Gasteiger partial charge in [-0.1, -0.05) is 0 Å². The van der Waals surface area contributed by atoms with Crippen molar-refractivity contribution in [3.63, 3.8) is 0 Å². The molecular weight excluding hydrogens is 202 g/mol. The number of nitrogens with one attached hydrogen (secondary N) is 1. The molecule has 1 N–H and O–H groups in total. The Morgan fingerprint density at radius 2 is 2.31 bits per heavy atom. The topological polar surface area (TPSA) is 55.6 Å². The number of hydrogen-bond donors (Lipinski definition) is 1. The van der Waals surface area contributed by atoms with Crippen LogP contribution in [0.3, 0.4) is 0 Å². The molecule has 0 bridgehead atoms. The summed E-state index contributed by atoms with van der Waals surface area (Å²) in [6.07, 6.45) is 4.73. The van der Waals surface area contributed by atoms with Crippen molar-refractivity contribution in [1.29, 1.82) is 0 Å². The van der Waals surface area contributed by atoms with Crippen LogP contribution in [0, 0.1) is 0 Å². The molecule has 1 aliphatic heterocycles. The van der Waals surface area contributed by atoms with Gasteiger partial charge < -0.3 is 5.32 Å². The average molecular weight is 215 g/mol. The van der Waals surface area contributed by atoms with E-state index in [1.165, 1.54) is 5.56 Å². The summed E-state index contributed by atoms with van der Waals surface area (Å²) < 4.78 is 1.77. The number of fused-ring (bicyclic) bond motifs is 1. The van der Waals surface area contributed by atoms with Gasteiger partial charge in [0.15, 0.2) is 0 Å². The van der Waals surface area contributed by atoms with Crippen LogP contribution in [-0.4, -0.2) is 26.5 Å². The molecule has 0 radical (unpaired) electrons. The minimum Gasteiger partial charge on any atom is -0.312 e. The Bertz CT molecular complexity index is 517. The van der Waals surface area contributed by atoms with E-state index in [0.717, 1.165) is 36.5 Å². The molecule has 16 heavy (non-hydrogen) atoms. The van der Waals surface area contributed by atoms with E-state index in [9.17, 15) is 0 Å². The van der Waals surface area contributed by atoms with Crippen molar-refractivity contribution in [3.05, 3.63) is 29.7 Å². The molecule has 3 heterocycles. The van der Waals surface area contributed by atoms with E-state index < -0.39 is 0 Å². The predicted molar refractivity (Wildman–Crippen MR) is 59.6 cm³/mol. The molecule has 3 rings (SSSR count). The fraction of sp³-hybridized carbons (Fsp3) is 0.364. The zero-order valence-corrected chi connectivity index (χ0v) is 9.14. The van der Waals surface area contributed by atoms with Crippen molar-refractivity contribution in [2.45, 2.75) is 13.0 Å². The highest BCUT2D eigenvalue weighted by Crippen LogP contribution is 2.19. The Balaban J connectivity index is 2.02. The molecule has 0 spiro atoms. The first-order valence-electron chi connectivity index (χ1n) is 5.38. The molecule has 5 heteroatoms. The minimum absolute atomic E-state index is 0.887. The van der Waals surface area contributed by atoms with Gasteiger partial charge >= 0.3 is 0 Å². The van der Waals surface area contributed by atoms with Gasteiger partial charge in [0.2, 0.25) is 0 Å². The standard InChI is InChI=1S/C11H13N5/c1-16-7-9(6-13-16)11-4-8-5-12-3-2-10(8)14-15-11/h4,6-7,12H,2-3,5H2,1H3. The number of aromatic nitrogens is 4. The monoisotopic (exact) mass is 215 g/mol. The smallest absolute Gasteiger partial charge is 0.0964 e. The second-order valence-electron chi connectivity index (χ2n) is 4.03. The van der Waals surface area contributed by atoms with E-state index in [0.29, 0.717) is 0 Å². The maximum absolute atomic E-state index is 4.28. The third-order valence-electron chi connectivity index (χ3n) is 2.81. The molecule has 5 nitrogen and oxygen atoms in total. The van der Waals surface area contributed by atoms with Gasteiger partial charge in [-0.3, -0.25) is 4.68 Å². The Labute approximate surface area is 93.5 Å². The fourth-order valence-electron chi connectivity index (χ4n) is 1.94. The van der Waals surface area contributed by atoms with Gasteiger partial charge in [-0.25, -0.2) is 0 Å². The third-order valence-corrected chi connectivity index (χ3v) is 2.81. The molecule has 0 fully saturated rings. The van der Waals surface area contributed by atoms with Crippen molar-refractivity contribution in [2.24, 2.45) is 7.05 Å². The van der Waals surface area contributed by atoms with Crippen molar-refractivity contribution >= 4 is 0 Å². The summed E-state index contributed by atoms with van der Waals surface area (Å²) >= 11 is 0. The predicted octanol–water partition coefficient (Wildman–Crippen LogP) is 0.523. The number of hydrogen-bond acceptors (Lipinski definition) is 4. The lowest BCUT2D eigenvalue weighted by molar-refractivity contribution is 0.621. The second kappa shape index (κ2) is 3.68. The van der Waals surface area contributed by atoms with Crippen LogP contribution in [0.2, 0.25) is 0 Å². The highest BCUT2D eigenvalue weighted by Gasteiger charge is 2.12. The molecule has 0 amide bonds. The summed E-state index contributed by atoms with van der Waals surface area (Å²) in [5.41, 5.74) is 4.28. The lowest BCUT2D eigenvalue weighted by Gasteiger charge is -2.15. The van der Waals surface area contributed by atoms with Crippen molar-refractivity contribution in [2.75, 3.05) is 6.54 Å².